The van der Waals surface area contributed by atoms with Gasteiger partial charge < -0.3 is 20.3 Å². The monoisotopic (exact) mass is 410 g/mol. The molecule has 2 N–H and O–H groups in total. The fourth-order valence-corrected chi connectivity index (χ4v) is 3.44. The molecule has 1 aliphatic rings. The van der Waals surface area contributed by atoms with Gasteiger partial charge in [0.15, 0.2) is 0 Å². The maximum atomic E-state index is 12.3. The van der Waals surface area contributed by atoms with E-state index in [1.807, 2.05) is 61.5 Å². The maximum Gasteiger partial charge on any atom is 0.238 e. The van der Waals surface area contributed by atoms with Gasteiger partial charge in [0.1, 0.15) is 0 Å². The summed E-state index contributed by atoms with van der Waals surface area (Å²) in [6.45, 7) is 5.47. The van der Waals surface area contributed by atoms with Gasteiger partial charge in [0.05, 0.1) is 32.3 Å². The number of benzene rings is 2. The van der Waals surface area contributed by atoms with E-state index in [4.69, 9.17) is 4.74 Å². The van der Waals surface area contributed by atoms with Gasteiger partial charge in [0.2, 0.25) is 11.8 Å². The topological polar surface area (TPSA) is 73.9 Å². The van der Waals surface area contributed by atoms with Crippen molar-refractivity contribution in [2.45, 2.75) is 13.0 Å². The summed E-state index contributed by atoms with van der Waals surface area (Å²) in [6, 6.07) is 17.5. The van der Waals surface area contributed by atoms with Gasteiger partial charge in [-0.05, 0) is 43.8 Å². The van der Waals surface area contributed by atoms with Crippen molar-refractivity contribution in [1.82, 2.24) is 10.2 Å². The van der Waals surface area contributed by atoms with Gasteiger partial charge >= 0.3 is 0 Å². The molecule has 1 saturated heterocycles. The van der Waals surface area contributed by atoms with E-state index in [9.17, 15) is 9.59 Å². The highest BCUT2D eigenvalue weighted by Crippen LogP contribution is 2.19. The predicted molar refractivity (Wildman–Crippen MR) is 119 cm³/mol. The lowest BCUT2D eigenvalue weighted by Crippen LogP contribution is -2.39. The van der Waals surface area contributed by atoms with Gasteiger partial charge in [-0.1, -0.05) is 30.3 Å². The van der Waals surface area contributed by atoms with Crippen LogP contribution in [-0.4, -0.2) is 63.2 Å². The van der Waals surface area contributed by atoms with Crippen LogP contribution >= 0.6 is 0 Å². The summed E-state index contributed by atoms with van der Waals surface area (Å²) in [6.07, 6.45) is 0. The molecule has 0 saturated carbocycles. The van der Waals surface area contributed by atoms with Crippen LogP contribution < -0.4 is 15.5 Å². The molecule has 0 unspecified atom stereocenters. The fraction of sp³-hybridized carbons (Fsp3) is 0.391. The van der Waals surface area contributed by atoms with Crippen LogP contribution in [0.5, 0.6) is 0 Å². The van der Waals surface area contributed by atoms with E-state index >= 15 is 0 Å². The molecular formula is C23H30N4O3. The zero-order valence-electron chi connectivity index (χ0n) is 17.6. The first kappa shape index (κ1) is 21.8. The molecule has 2 aromatic carbocycles. The highest BCUT2D eigenvalue weighted by Gasteiger charge is 2.14. The third-order valence-electron chi connectivity index (χ3n) is 5.03. The van der Waals surface area contributed by atoms with E-state index in [1.165, 1.54) is 0 Å². The average Bonchev–Trinajstić information content (AvgIpc) is 2.75. The van der Waals surface area contributed by atoms with Gasteiger partial charge in [-0.3, -0.25) is 14.5 Å². The van der Waals surface area contributed by atoms with Crippen molar-refractivity contribution in [3.05, 3.63) is 60.2 Å². The Balaban J connectivity index is 1.42. The Bertz CT molecular complexity index is 820. The molecule has 0 aromatic heterocycles. The Hall–Kier alpha value is -2.90. The molecule has 0 radical (unpaired) electrons. The van der Waals surface area contributed by atoms with Gasteiger partial charge in [-0.15, -0.1) is 0 Å². The van der Waals surface area contributed by atoms with Crippen LogP contribution in [0.2, 0.25) is 0 Å². The van der Waals surface area contributed by atoms with Crippen LogP contribution in [-0.2, 0) is 14.3 Å². The first-order chi connectivity index (χ1) is 14.5. The third kappa shape index (κ3) is 6.57. The van der Waals surface area contributed by atoms with Crippen molar-refractivity contribution in [2.24, 2.45) is 0 Å². The lowest BCUT2D eigenvalue weighted by Gasteiger charge is -2.28. The summed E-state index contributed by atoms with van der Waals surface area (Å²) in [7, 11) is 1.76. The zero-order valence-corrected chi connectivity index (χ0v) is 17.6. The molecule has 1 heterocycles. The van der Waals surface area contributed by atoms with Crippen LogP contribution in [0.25, 0.3) is 0 Å². The molecule has 160 valence electrons. The van der Waals surface area contributed by atoms with Crippen LogP contribution in [0.1, 0.15) is 18.5 Å². The second-order valence-corrected chi connectivity index (χ2v) is 7.57. The largest absolute Gasteiger partial charge is 0.378 e. The van der Waals surface area contributed by atoms with Crippen molar-refractivity contribution >= 4 is 23.2 Å². The van der Waals surface area contributed by atoms with Crippen molar-refractivity contribution in [1.29, 1.82) is 0 Å². The minimum atomic E-state index is -0.152. The predicted octanol–water partition coefficient (Wildman–Crippen LogP) is 2.27. The first-order valence-corrected chi connectivity index (χ1v) is 10.3. The molecule has 7 heteroatoms. The Kier molecular flexibility index (Phi) is 7.82. The third-order valence-corrected chi connectivity index (χ3v) is 5.03. The minimum absolute atomic E-state index is 0.0779. The Morgan fingerprint density at radius 3 is 2.30 bits per heavy atom. The van der Waals surface area contributed by atoms with Gasteiger partial charge in [-0.2, -0.15) is 0 Å². The van der Waals surface area contributed by atoms with Crippen molar-refractivity contribution in [2.75, 3.05) is 56.7 Å². The van der Waals surface area contributed by atoms with E-state index in [2.05, 4.69) is 15.5 Å². The Labute approximate surface area is 178 Å². The number of hydrogen-bond acceptors (Lipinski definition) is 5. The lowest BCUT2D eigenvalue weighted by molar-refractivity contribution is -0.123. The van der Waals surface area contributed by atoms with Crippen molar-refractivity contribution in [3.63, 3.8) is 0 Å². The Morgan fingerprint density at radius 2 is 1.63 bits per heavy atom. The molecule has 2 aromatic rings. The number of nitrogens with one attached hydrogen (secondary N) is 2. The molecule has 1 fully saturated rings. The van der Waals surface area contributed by atoms with E-state index in [0.717, 1.165) is 43.2 Å². The second kappa shape index (κ2) is 10.8. The van der Waals surface area contributed by atoms with E-state index < -0.39 is 0 Å². The molecule has 0 bridgehead atoms. The van der Waals surface area contributed by atoms with E-state index in [0.29, 0.717) is 0 Å². The maximum absolute atomic E-state index is 12.3. The molecule has 2 amide bonds. The molecule has 30 heavy (non-hydrogen) atoms. The molecule has 1 atom stereocenters. The SMILES string of the molecule is C[C@@H](NC(=O)CN(C)CC(=O)Nc1ccc(N2CCOCC2)cc1)c1ccccc1. The molecule has 1 aliphatic heterocycles. The number of morpholine rings is 1. The minimum Gasteiger partial charge on any atom is -0.378 e. The van der Waals surface area contributed by atoms with Crippen molar-refractivity contribution in [3.8, 4) is 0 Å². The normalized spacial score (nSPS) is 15.0. The molecular weight excluding hydrogens is 380 g/mol. The smallest absolute Gasteiger partial charge is 0.238 e. The zero-order chi connectivity index (χ0) is 21.3. The number of hydrogen-bond donors (Lipinski definition) is 2. The number of carbonyl (C=O) groups is 2. The van der Waals surface area contributed by atoms with Gasteiger partial charge in [0.25, 0.3) is 0 Å². The number of anilines is 2. The highest BCUT2D eigenvalue weighted by atomic mass is 16.5. The molecule has 7 nitrogen and oxygen atoms in total. The Morgan fingerprint density at radius 1 is 1.00 bits per heavy atom. The number of rotatable bonds is 8. The molecule has 3 rings (SSSR count). The number of nitrogens with zero attached hydrogens (tertiary/aromatic N) is 2. The number of amides is 2. The van der Waals surface area contributed by atoms with E-state index in [-0.39, 0.29) is 30.9 Å². The van der Waals surface area contributed by atoms with Crippen LogP contribution in [0, 0.1) is 0 Å². The summed E-state index contributed by atoms with van der Waals surface area (Å²) < 4.78 is 5.37. The molecule has 0 spiro atoms. The quantitative estimate of drug-likeness (QED) is 0.698. The first-order valence-electron chi connectivity index (χ1n) is 10.3. The van der Waals surface area contributed by atoms with Crippen LogP contribution in [0.4, 0.5) is 11.4 Å². The average molecular weight is 411 g/mol. The number of likely N-dealkylation sites (N-methyl/N-ethyl adjacent to an activating group) is 1. The number of carbonyl (C=O) groups excluding carboxylic acids is 2. The lowest BCUT2D eigenvalue weighted by atomic mass is 10.1. The summed E-state index contributed by atoms with van der Waals surface area (Å²) >= 11 is 0. The van der Waals surface area contributed by atoms with Gasteiger partial charge in [0, 0.05) is 24.5 Å². The highest BCUT2D eigenvalue weighted by molar-refractivity contribution is 5.92. The summed E-state index contributed by atoms with van der Waals surface area (Å²) in [4.78, 5) is 28.6. The summed E-state index contributed by atoms with van der Waals surface area (Å²) in [5, 5.41) is 5.85. The van der Waals surface area contributed by atoms with Gasteiger partial charge in [-0.25, -0.2) is 0 Å². The van der Waals surface area contributed by atoms with E-state index in [1.54, 1.807) is 11.9 Å². The summed E-state index contributed by atoms with van der Waals surface area (Å²) in [5.74, 6) is -0.267. The fourth-order valence-electron chi connectivity index (χ4n) is 3.44. The second-order valence-electron chi connectivity index (χ2n) is 7.57. The standard InChI is InChI=1S/C23H30N4O3/c1-18(19-6-4-3-5-7-19)24-22(28)16-26(2)17-23(29)25-20-8-10-21(11-9-20)27-12-14-30-15-13-27/h3-11,18H,12-17H2,1-2H3,(H,24,28)(H,25,29)/t18-/m1/s1. The van der Waals surface area contributed by atoms with Crippen LogP contribution in [0.15, 0.2) is 54.6 Å². The van der Waals surface area contributed by atoms with Crippen molar-refractivity contribution < 1.29 is 14.3 Å². The molecule has 0 aliphatic carbocycles. The van der Waals surface area contributed by atoms with Crippen LogP contribution in [0.3, 0.4) is 0 Å². The number of ether oxygens (including phenoxy) is 1. The summed E-state index contributed by atoms with van der Waals surface area (Å²) in [5.41, 5.74) is 2.91.